The summed E-state index contributed by atoms with van der Waals surface area (Å²) in [5, 5.41) is 2.61. The molecule has 2 aliphatic heterocycles. The molecule has 0 bridgehead atoms. The molecule has 46 heavy (non-hydrogen) atoms. The molecule has 1 aromatic heterocycles. The average Bonchev–Trinajstić information content (AvgIpc) is 3.51. The van der Waals surface area contributed by atoms with E-state index in [1.807, 2.05) is 0 Å². The predicted octanol–water partition coefficient (Wildman–Crippen LogP) is 6.58. The molecule has 2 aliphatic rings. The van der Waals surface area contributed by atoms with E-state index in [0.29, 0.717) is 26.2 Å². The molecule has 0 unspecified atom stereocenters. The van der Waals surface area contributed by atoms with Crippen molar-refractivity contribution in [1.82, 2.24) is 4.98 Å². The number of benzene rings is 3. The van der Waals surface area contributed by atoms with E-state index in [-0.39, 0.29) is 22.2 Å². The summed E-state index contributed by atoms with van der Waals surface area (Å²) in [6.07, 6.45) is -4.68. The molecule has 3 amide bonds. The Hall–Kier alpha value is -3.98. The van der Waals surface area contributed by atoms with Gasteiger partial charge >= 0.3 is 11.0 Å². The van der Waals surface area contributed by atoms with Gasteiger partial charge in [0.1, 0.15) is 5.25 Å². The Morgan fingerprint density at radius 1 is 1.00 bits per heavy atom. The Morgan fingerprint density at radius 2 is 1.78 bits per heavy atom. The molecular weight excluding hydrogens is 690 g/mol. The third kappa shape index (κ3) is 5.97. The fourth-order valence-electron chi connectivity index (χ4n) is 5.36. The second-order valence-electron chi connectivity index (χ2n) is 10.2. The van der Waals surface area contributed by atoms with Crippen molar-refractivity contribution >= 4 is 75.4 Å². The summed E-state index contributed by atoms with van der Waals surface area (Å²) in [6, 6.07) is 13.3. The van der Waals surface area contributed by atoms with Gasteiger partial charge in [-0.25, -0.2) is 4.90 Å². The highest BCUT2D eigenvalue weighted by Gasteiger charge is 2.56. The number of imide groups is 1. The molecule has 1 fully saturated rings. The number of hydrogen-bond donors (Lipinski definition) is 2. The number of fused-ring (bicyclic) bond motifs is 2. The lowest BCUT2D eigenvalue weighted by molar-refractivity contribution is -0.137. The van der Waals surface area contributed by atoms with Crippen LogP contribution in [0.2, 0.25) is 10.0 Å². The fraction of sp³-hybridized carbons (Fsp3) is 0.200. The number of halogens is 5. The fourth-order valence-corrected chi connectivity index (χ4v) is 8.18. The van der Waals surface area contributed by atoms with Crippen molar-refractivity contribution in [3.05, 3.63) is 96.4 Å². The number of aromatic nitrogens is 1. The zero-order chi connectivity index (χ0) is 32.9. The van der Waals surface area contributed by atoms with E-state index in [0.717, 1.165) is 46.2 Å². The summed E-state index contributed by atoms with van der Waals surface area (Å²) in [6.45, 7) is -0.400. The number of hydrogen-bond acceptors (Lipinski definition) is 8. The van der Waals surface area contributed by atoms with Crippen LogP contribution < -0.4 is 24.6 Å². The lowest BCUT2D eigenvalue weighted by Crippen LogP contribution is -2.32. The van der Waals surface area contributed by atoms with E-state index in [1.165, 1.54) is 31.4 Å². The molecule has 0 radical (unpaired) electrons. The van der Waals surface area contributed by atoms with Crippen LogP contribution in [0, 0.1) is 5.92 Å². The number of methoxy groups -OCH3 is 1. The molecule has 3 atom stereocenters. The number of thioether (sulfide) groups is 1. The van der Waals surface area contributed by atoms with Crippen molar-refractivity contribution in [3.63, 3.8) is 0 Å². The highest BCUT2D eigenvalue weighted by atomic mass is 35.5. The molecule has 3 heterocycles. The maximum absolute atomic E-state index is 13.9. The molecule has 238 valence electrons. The van der Waals surface area contributed by atoms with Crippen molar-refractivity contribution in [2.45, 2.75) is 22.4 Å². The average molecular weight is 711 g/mol. The van der Waals surface area contributed by atoms with Gasteiger partial charge in [-0.3, -0.25) is 19.2 Å². The predicted molar refractivity (Wildman–Crippen MR) is 167 cm³/mol. The molecule has 0 aliphatic carbocycles. The highest BCUT2D eigenvalue weighted by molar-refractivity contribution is 8.00. The minimum Gasteiger partial charge on any atom is -0.493 e. The third-order valence-corrected chi connectivity index (χ3v) is 10.5. The minimum atomic E-state index is -4.68. The number of H-pyrrole nitrogens is 1. The Kier molecular flexibility index (Phi) is 8.57. The number of thiazole rings is 1. The Labute approximate surface area is 276 Å². The van der Waals surface area contributed by atoms with Gasteiger partial charge < -0.3 is 19.8 Å². The van der Waals surface area contributed by atoms with E-state index in [1.54, 1.807) is 18.2 Å². The van der Waals surface area contributed by atoms with Gasteiger partial charge in [-0.15, -0.1) is 0 Å². The summed E-state index contributed by atoms with van der Waals surface area (Å²) >= 11 is 13.8. The van der Waals surface area contributed by atoms with Gasteiger partial charge in [0.05, 0.1) is 39.3 Å². The summed E-state index contributed by atoms with van der Waals surface area (Å²) in [5.41, 5.74) is -0.301. The molecule has 16 heteroatoms. The summed E-state index contributed by atoms with van der Waals surface area (Å²) < 4.78 is 51.6. The van der Waals surface area contributed by atoms with Crippen molar-refractivity contribution in [2.24, 2.45) is 5.92 Å². The largest absolute Gasteiger partial charge is 0.493 e. The van der Waals surface area contributed by atoms with Crippen LogP contribution in [0.25, 0.3) is 0 Å². The number of alkyl halides is 3. The van der Waals surface area contributed by atoms with Crippen LogP contribution in [0.1, 0.15) is 21.9 Å². The van der Waals surface area contributed by atoms with E-state index in [4.69, 9.17) is 32.7 Å². The van der Waals surface area contributed by atoms with Gasteiger partial charge in [-0.2, -0.15) is 13.2 Å². The molecule has 4 aromatic rings. The van der Waals surface area contributed by atoms with E-state index < -0.39 is 58.0 Å². The van der Waals surface area contributed by atoms with Gasteiger partial charge in [-0.1, -0.05) is 58.4 Å². The molecular formula is C30H20Cl2F3N3O6S2. The summed E-state index contributed by atoms with van der Waals surface area (Å²) in [5.74, 6) is -3.36. The topological polar surface area (TPSA) is 118 Å². The zero-order valence-corrected chi connectivity index (χ0v) is 26.5. The van der Waals surface area contributed by atoms with Crippen molar-refractivity contribution in [2.75, 3.05) is 23.9 Å². The number of amides is 3. The van der Waals surface area contributed by atoms with Gasteiger partial charge in [0.25, 0.3) is 5.91 Å². The number of ether oxygens (including phenoxy) is 2. The Bertz CT molecular complexity index is 1950. The number of carbonyl (C=O) groups is 3. The first-order valence-electron chi connectivity index (χ1n) is 13.4. The maximum Gasteiger partial charge on any atom is 0.416 e. The normalized spacial score (nSPS) is 19.1. The van der Waals surface area contributed by atoms with Crippen LogP contribution in [0.3, 0.4) is 0 Å². The first kappa shape index (κ1) is 32.0. The number of anilines is 2. The second-order valence-corrected chi connectivity index (χ2v) is 13.2. The molecule has 2 N–H and O–H groups in total. The zero-order valence-electron chi connectivity index (χ0n) is 23.3. The van der Waals surface area contributed by atoms with Crippen LogP contribution in [0.15, 0.2) is 70.5 Å². The lowest BCUT2D eigenvalue weighted by atomic mass is 9.83. The Morgan fingerprint density at radius 3 is 2.50 bits per heavy atom. The Balaban J connectivity index is 1.30. The quantitative estimate of drug-likeness (QED) is 0.208. The SMILES string of the molecule is COc1cc([C@@H]2c3sc(=O)[nH]c3S[C@H]3C(=O)N(c4cccc(C(F)(F)F)c4)C(=O)[C@@H]23)ccc1OCC(=O)Nc1ccc(Cl)c(Cl)c1. The summed E-state index contributed by atoms with van der Waals surface area (Å²) in [4.78, 5) is 56.0. The van der Waals surface area contributed by atoms with Crippen LogP contribution in [-0.2, 0) is 20.6 Å². The van der Waals surface area contributed by atoms with Gasteiger partial charge in [0.2, 0.25) is 11.8 Å². The maximum atomic E-state index is 13.9. The first-order chi connectivity index (χ1) is 21.8. The minimum absolute atomic E-state index is 0.194. The molecule has 1 saturated heterocycles. The van der Waals surface area contributed by atoms with Crippen LogP contribution >= 0.6 is 46.3 Å². The monoisotopic (exact) mass is 709 g/mol. The number of nitrogens with one attached hydrogen (secondary N) is 2. The third-order valence-electron chi connectivity index (χ3n) is 7.36. The van der Waals surface area contributed by atoms with Crippen molar-refractivity contribution < 1.29 is 37.0 Å². The standard InChI is InChI=1S/C30H20Cl2F3N3O6S2/c1-43-20-9-13(5-8-19(20)44-12-21(39)36-15-6-7-17(31)18(32)11-15)22-23-25(45-26-24(22)46-29(42)37-26)28(41)38(27(23)40)16-4-2-3-14(10-16)30(33,34)35/h2-11,22-23,25H,12H2,1H3,(H,36,39)(H,37,42)/t22-,23-,25+/m0/s1. The molecule has 0 saturated carbocycles. The number of rotatable bonds is 7. The summed E-state index contributed by atoms with van der Waals surface area (Å²) in [7, 11) is 1.38. The molecule has 6 rings (SSSR count). The second kappa shape index (κ2) is 12.3. The molecule has 9 nitrogen and oxygen atoms in total. The van der Waals surface area contributed by atoms with Crippen LogP contribution in [0.5, 0.6) is 11.5 Å². The number of aromatic amines is 1. The first-order valence-corrected chi connectivity index (χ1v) is 15.8. The van der Waals surface area contributed by atoms with E-state index in [2.05, 4.69) is 10.3 Å². The van der Waals surface area contributed by atoms with Crippen LogP contribution in [0.4, 0.5) is 24.5 Å². The van der Waals surface area contributed by atoms with E-state index >= 15 is 0 Å². The van der Waals surface area contributed by atoms with E-state index in [9.17, 15) is 32.3 Å². The van der Waals surface area contributed by atoms with Crippen molar-refractivity contribution in [3.8, 4) is 11.5 Å². The van der Waals surface area contributed by atoms with Gasteiger partial charge in [0, 0.05) is 16.5 Å². The van der Waals surface area contributed by atoms with Crippen molar-refractivity contribution in [1.29, 1.82) is 0 Å². The lowest BCUT2D eigenvalue weighted by Gasteiger charge is -2.30. The van der Waals surface area contributed by atoms with Gasteiger partial charge in [0.15, 0.2) is 18.1 Å². The molecule has 3 aromatic carbocycles. The van der Waals surface area contributed by atoms with Crippen LogP contribution in [-0.4, -0.2) is 41.7 Å². The molecule has 0 spiro atoms. The number of carbonyl (C=O) groups excluding carboxylic acids is 3. The highest BCUT2D eigenvalue weighted by Crippen LogP contribution is 2.54. The van der Waals surface area contributed by atoms with Gasteiger partial charge in [-0.05, 0) is 54.1 Å². The smallest absolute Gasteiger partial charge is 0.416 e. The number of nitrogens with zero attached hydrogens (tertiary/aromatic N) is 1.